The molecule has 2 aromatic rings. The van der Waals surface area contributed by atoms with Gasteiger partial charge >= 0.3 is 0 Å². The van der Waals surface area contributed by atoms with Crippen LogP contribution in [0, 0.1) is 0 Å². The van der Waals surface area contributed by atoms with Crippen LogP contribution in [-0.2, 0) is 9.59 Å². The van der Waals surface area contributed by atoms with Crippen molar-refractivity contribution in [1.29, 1.82) is 0 Å². The van der Waals surface area contributed by atoms with Crippen molar-refractivity contribution in [2.75, 3.05) is 25.1 Å². The van der Waals surface area contributed by atoms with Crippen molar-refractivity contribution in [1.82, 2.24) is 4.90 Å². The van der Waals surface area contributed by atoms with Gasteiger partial charge in [-0.1, -0.05) is 41.9 Å². The summed E-state index contributed by atoms with van der Waals surface area (Å²) < 4.78 is 5.39. The summed E-state index contributed by atoms with van der Waals surface area (Å²) in [5, 5.41) is 0.434. The monoisotopic (exact) mass is 396 g/mol. The summed E-state index contributed by atoms with van der Waals surface area (Å²) >= 11 is 6.16. The fourth-order valence-electron chi connectivity index (χ4n) is 3.85. The predicted octanol–water partition coefficient (Wildman–Crippen LogP) is 4.12. The van der Waals surface area contributed by atoms with Gasteiger partial charge in [0.2, 0.25) is 0 Å². The van der Waals surface area contributed by atoms with Crippen molar-refractivity contribution in [3.63, 3.8) is 0 Å². The molecule has 0 radical (unpaired) electrons. The molecule has 28 heavy (non-hydrogen) atoms. The number of hydrogen-bond donors (Lipinski definition) is 0. The Balaban J connectivity index is 1.85. The number of ether oxygens (including phenoxy) is 1. The van der Waals surface area contributed by atoms with Crippen LogP contribution in [-0.4, -0.2) is 36.9 Å². The first-order valence-electron chi connectivity index (χ1n) is 9.39. The van der Waals surface area contributed by atoms with E-state index in [9.17, 15) is 9.59 Å². The Morgan fingerprint density at radius 1 is 0.929 bits per heavy atom. The number of halogens is 1. The molecule has 2 amide bonds. The second kappa shape index (κ2) is 7.68. The van der Waals surface area contributed by atoms with Gasteiger partial charge in [0.25, 0.3) is 11.8 Å². The van der Waals surface area contributed by atoms with Gasteiger partial charge in [-0.15, -0.1) is 0 Å². The second-order valence-electron chi connectivity index (χ2n) is 6.90. The third-order valence-electron chi connectivity index (χ3n) is 5.18. The molecule has 0 aromatic heterocycles. The van der Waals surface area contributed by atoms with Crippen LogP contribution in [0.15, 0.2) is 54.2 Å². The predicted molar refractivity (Wildman–Crippen MR) is 109 cm³/mol. The number of piperidine rings is 1. The number of likely N-dealkylation sites (tertiary alicyclic amines) is 1. The van der Waals surface area contributed by atoms with Crippen molar-refractivity contribution in [2.24, 2.45) is 0 Å². The maximum Gasteiger partial charge on any atom is 0.282 e. The van der Waals surface area contributed by atoms with Crippen molar-refractivity contribution >= 4 is 34.7 Å². The van der Waals surface area contributed by atoms with Gasteiger partial charge < -0.3 is 9.64 Å². The largest absolute Gasteiger partial charge is 0.495 e. The minimum absolute atomic E-state index is 0.327. The summed E-state index contributed by atoms with van der Waals surface area (Å²) in [5.41, 5.74) is 2.02. The first-order chi connectivity index (χ1) is 13.6. The van der Waals surface area contributed by atoms with Gasteiger partial charge in [0.1, 0.15) is 11.4 Å². The molecule has 0 unspecified atom stereocenters. The molecule has 4 rings (SSSR count). The Morgan fingerprint density at radius 3 is 2.32 bits per heavy atom. The summed E-state index contributed by atoms with van der Waals surface area (Å²) in [7, 11) is 1.51. The third kappa shape index (κ3) is 3.16. The molecule has 2 aliphatic rings. The molecule has 2 aromatic carbocycles. The number of imide groups is 1. The SMILES string of the molecule is COc1ccc(Cl)cc1N1C(=O)C(c2ccccc2)=C(N2CCCCC2)C1=O. The molecule has 2 aliphatic heterocycles. The zero-order valence-electron chi connectivity index (χ0n) is 15.7. The zero-order valence-corrected chi connectivity index (χ0v) is 16.4. The normalized spacial score (nSPS) is 17.5. The van der Waals surface area contributed by atoms with Crippen LogP contribution >= 0.6 is 11.6 Å². The summed E-state index contributed by atoms with van der Waals surface area (Å²) in [4.78, 5) is 30.2. The Labute approximate surface area is 169 Å². The minimum atomic E-state index is -0.350. The van der Waals surface area contributed by atoms with Crippen molar-refractivity contribution < 1.29 is 14.3 Å². The van der Waals surface area contributed by atoms with Crippen LogP contribution in [0.3, 0.4) is 0 Å². The number of hydrogen-bond acceptors (Lipinski definition) is 4. The second-order valence-corrected chi connectivity index (χ2v) is 7.34. The first kappa shape index (κ1) is 18.6. The van der Waals surface area contributed by atoms with Crippen LogP contribution in [0.4, 0.5) is 5.69 Å². The number of methoxy groups -OCH3 is 1. The highest BCUT2D eigenvalue weighted by molar-refractivity contribution is 6.46. The van der Waals surface area contributed by atoms with E-state index in [-0.39, 0.29) is 11.8 Å². The number of rotatable bonds is 4. The number of benzene rings is 2. The van der Waals surface area contributed by atoms with Crippen LogP contribution in [0.2, 0.25) is 5.02 Å². The fraction of sp³-hybridized carbons (Fsp3) is 0.273. The van der Waals surface area contributed by atoms with Gasteiger partial charge in [0.15, 0.2) is 0 Å². The van der Waals surface area contributed by atoms with Gasteiger partial charge in [-0.3, -0.25) is 9.59 Å². The van der Waals surface area contributed by atoms with E-state index in [0.717, 1.165) is 37.9 Å². The lowest BCUT2D eigenvalue weighted by Gasteiger charge is -2.29. The lowest BCUT2D eigenvalue weighted by molar-refractivity contribution is -0.120. The van der Waals surface area contributed by atoms with Crippen molar-refractivity contribution in [2.45, 2.75) is 19.3 Å². The highest BCUT2D eigenvalue weighted by Crippen LogP contribution is 2.40. The zero-order chi connectivity index (χ0) is 19.7. The maximum absolute atomic E-state index is 13.5. The molecule has 1 fully saturated rings. The molecule has 0 atom stereocenters. The molecule has 0 bridgehead atoms. The van der Waals surface area contributed by atoms with E-state index >= 15 is 0 Å². The average Bonchev–Trinajstić information content (AvgIpc) is 2.99. The molecule has 2 heterocycles. The molecule has 144 valence electrons. The maximum atomic E-state index is 13.5. The minimum Gasteiger partial charge on any atom is -0.495 e. The third-order valence-corrected chi connectivity index (χ3v) is 5.41. The number of carbonyl (C=O) groups excluding carboxylic acids is 2. The summed E-state index contributed by atoms with van der Waals surface area (Å²) in [5.74, 6) is -0.248. The lowest BCUT2D eigenvalue weighted by Crippen LogP contribution is -2.37. The van der Waals surface area contributed by atoms with Crippen LogP contribution < -0.4 is 9.64 Å². The summed E-state index contributed by atoms with van der Waals surface area (Å²) in [6.45, 7) is 1.54. The topological polar surface area (TPSA) is 49.9 Å². The van der Waals surface area contributed by atoms with E-state index < -0.39 is 0 Å². The number of amides is 2. The number of carbonyl (C=O) groups is 2. The molecule has 0 saturated carbocycles. The highest BCUT2D eigenvalue weighted by atomic mass is 35.5. The fourth-order valence-corrected chi connectivity index (χ4v) is 4.02. The molecular formula is C22H21ClN2O3. The molecule has 0 spiro atoms. The van der Waals surface area contributed by atoms with E-state index in [4.69, 9.17) is 16.3 Å². The van der Waals surface area contributed by atoms with E-state index in [1.807, 2.05) is 35.2 Å². The highest BCUT2D eigenvalue weighted by Gasteiger charge is 2.43. The Hall–Kier alpha value is -2.79. The van der Waals surface area contributed by atoms with E-state index in [1.165, 1.54) is 12.0 Å². The van der Waals surface area contributed by atoms with Gasteiger partial charge in [0.05, 0.1) is 18.4 Å². The average molecular weight is 397 g/mol. The van der Waals surface area contributed by atoms with Crippen LogP contribution in [0.1, 0.15) is 24.8 Å². The van der Waals surface area contributed by atoms with E-state index in [2.05, 4.69) is 0 Å². The first-order valence-corrected chi connectivity index (χ1v) is 9.76. The van der Waals surface area contributed by atoms with Gasteiger partial charge in [0, 0.05) is 18.1 Å². The number of nitrogens with zero attached hydrogens (tertiary/aromatic N) is 2. The quantitative estimate of drug-likeness (QED) is 0.729. The molecule has 6 heteroatoms. The van der Waals surface area contributed by atoms with Crippen LogP contribution in [0.25, 0.3) is 5.57 Å². The summed E-state index contributed by atoms with van der Waals surface area (Å²) in [6.07, 6.45) is 3.15. The number of anilines is 1. The van der Waals surface area contributed by atoms with Crippen molar-refractivity contribution in [3.05, 3.63) is 64.8 Å². The molecule has 0 N–H and O–H groups in total. The Bertz CT molecular complexity index is 950. The van der Waals surface area contributed by atoms with Gasteiger partial charge in [-0.2, -0.15) is 0 Å². The molecular weight excluding hydrogens is 376 g/mol. The van der Waals surface area contributed by atoms with Crippen LogP contribution in [0.5, 0.6) is 5.75 Å². The van der Waals surface area contributed by atoms with E-state index in [0.29, 0.717) is 27.7 Å². The van der Waals surface area contributed by atoms with E-state index in [1.54, 1.807) is 18.2 Å². The molecule has 0 aliphatic carbocycles. The summed E-state index contributed by atoms with van der Waals surface area (Å²) in [6, 6.07) is 14.3. The van der Waals surface area contributed by atoms with Crippen molar-refractivity contribution in [3.8, 4) is 5.75 Å². The standard InChI is InChI=1S/C22H21ClN2O3/c1-28-18-11-10-16(23)14-17(18)25-21(26)19(15-8-4-2-5-9-15)20(22(25)27)24-12-6-3-7-13-24/h2,4-5,8-11,14H,3,6-7,12-13H2,1H3. The lowest BCUT2D eigenvalue weighted by atomic mass is 10.0. The molecule has 5 nitrogen and oxygen atoms in total. The Kier molecular flexibility index (Phi) is 5.09. The van der Waals surface area contributed by atoms with Gasteiger partial charge in [-0.25, -0.2) is 4.90 Å². The van der Waals surface area contributed by atoms with Gasteiger partial charge in [-0.05, 0) is 43.0 Å². The Morgan fingerprint density at radius 2 is 1.64 bits per heavy atom. The molecule has 1 saturated heterocycles. The smallest absolute Gasteiger partial charge is 0.282 e.